The lowest BCUT2D eigenvalue weighted by Crippen LogP contribution is -2.09. The van der Waals surface area contributed by atoms with Crippen molar-refractivity contribution in [2.75, 3.05) is 0 Å². The molecule has 1 aliphatic rings. The van der Waals surface area contributed by atoms with Crippen LogP contribution in [0.25, 0.3) is 0 Å². The van der Waals surface area contributed by atoms with Crippen molar-refractivity contribution in [3.63, 3.8) is 0 Å². The largest absolute Gasteiger partial charge is 0.302 e. The Morgan fingerprint density at radius 3 is 2.64 bits per heavy atom. The van der Waals surface area contributed by atoms with Gasteiger partial charge >= 0.3 is 0 Å². The van der Waals surface area contributed by atoms with Crippen molar-refractivity contribution in [2.45, 2.75) is 30.1 Å². The molecule has 0 heterocycles. The summed E-state index contributed by atoms with van der Waals surface area (Å²) < 4.78 is 20.9. The Morgan fingerprint density at radius 2 is 2.14 bits per heavy atom. The van der Waals surface area contributed by atoms with Crippen LogP contribution in [-0.2, 0) is 11.1 Å². The molecule has 1 fully saturated rings. The molecular formula is C10H11BrO2S. The second-order valence-corrected chi connectivity index (χ2v) is 5.38. The van der Waals surface area contributed by atoms with Gasteiger partial charge in [0, 0.05) is 4.47 Å². The molecule has 4 heteroatoms. The standard InChI is InChI=1S/C10H11BrO2S/c11-10-5-4-8(14(12)13)6-9(10)7-2-1-3-7/h4-7H,1-3H2,(H,12,13). The van der Waals surface area contributed by atoms with Crippen molar-refractivity contribution in [1.82, 2.24) is 0 Å². The average molecular weight is 275 g/mol. The Bertz CT molecular complexity index is 374. The van der Waals surface area contributed by atoms with Crippen molar-refractivity contribution in [3.8, 4) is 0 Å². The van der Waals surface area contributed by atoms with E-state index < -0.39 is 11.1 Å². The summed E-state index contributed by atoms with van der Waals surface area (Å²) in [6, 6.07) is 5.38. The van der Waals surface area contributed by atoms with E-state index >= 15 is 0 Å². The molecule has 1 atom stereocenters. The molecule has 0 aliphatic heterocycles. The summed E-state index contributed by atoms with van der Waals surface area (Å²) in [6.07, 6.45) is 3.66. The second-order valence-electron chi connectivity index (χ2n) is 3.56. The lowest BCUT2D eigenvalue weighted by Gasteiger charge is -2.27. The van der Waals surface area contributed by atoms with E-state index in [1.807, 2.05) is 12.1 Å². The van der Waals surface area contributed by atoms with Gasteiger partial charge in [0.25, 0.3) is 0 Å². The molecule has 0 saturated heterocycles. The quantitative estimate of drug-likeness (QED) is 0.841. The lowest BCUT2D eigenvalue weighted by molar-refractivity contribution is 0.418. The maximum Gasteiger partial charge on any atom is 0.186 e. The first kappa shape index (κ1) is 10.3. The van der Waals surface area contributed by atoms with Gasteiger partial charge in [-0.2, -0.15) is 0 Å². The van der Waals surface area contributed by atoms with Crippen LogP contribution < -0.4 is 0 Å². The van der Waals surface area contributed by atoms with Crippen molar-refractivity contribution in [1.29, 1.82) is 0 Å². The van der Waals surface area contributed by atoms with Crippen molar-refractivity contribution < 1.29 is 8.76 Å². The Labute approximate surface area is 94.1 Å². The third kappa shape index (κ3) is 1.92. The van der Waals surface area contributed by atoms with E-state index in [0.29, 0.717) is 10.8 Å². The lowest BCUT2D eigenvalue weighted by atomic mass is 9.80. The molecule has 0 bridgehead atoms. The van der Waals surface area contributed by atoms with Crippen LogP contribution in [0.15, 0.2) is 27.6 Å². The second kappa shape index (κ2) is 4.13. The summed E-state index contributed by atoms with van der Waals surface area (Å²) in [5.41, 5.74) is 1.18. The van der Waals surface area contributed by atoms with Crippen molar-refractivity contribution in [2.24, 2.45) is 0 Å². The third-order valence-electron chi connectivity index (χ3n) is 2.71. The maximum absolute atomic E-state index is 10.9. The molecule has 1 aliphatic carbocycles. The van der Waals surface area contributed by atoms with Gasteiger partial charge in [0.1, 0.15) is 0 Å². The average Bonchev–Trinajstić information content (AvgIpc) is 2.05. The highest BCUT2D eigenvalue weighted by atomic mass is 79.9. The molecule has 0 radical (unpaired) electrons. The van der Waals surface area contributed by atoms with E-state index in [1.165, 1.54) is 24.8 Å². The first-order valence-electron chi connectivity index (χ1n) is 4.59. The van der Waals surface area contributed by atoms with Gasteiger partial charge in [-0.25, -0.2) is 4.21 Å². The molecule has 1 N–H and O–H groups in total. The van der Waals surface area contributed by atoms with Crippen LogP contribution in [0.4, 0.5) is 0 Å². The van der Waals surface area contributed by atoms with Gasteiger partial charge in [-0.15, -0.1) is 0 Å². The molecule has 1 aromatic carbocycles. The van der Waals surface area contributed by atoms with Gasteiger partial charge < -0.3 is 4.55 Å². The van der Waals surface area contributed by atoms with E-state index in [4.69, 9.17) is 4.55 Å². The van der Waals surface area contributed by atoms with E-state index in [2.05, 4.69) is 15.9 Å². The molecule has 1 unspecified atom stereocenters. The molecule has 0 amide bonds. The zero-order chi connectivity index (χ0) is 10.1. The summed E-state index contributed by atoms with van der Waals surface area (Å²) in [5.74, 6) is 0.577. The molecule has 1 aromatic rings. The van der Waals surface area contributed by atoms with Crippen LogP contribution in [0, 0.1) is 0 Å². The summed E-state index contributed by atoms with van der Waals surface area (Å²) in [7, 11) is 0. The topological polar surface area (TPSA) is 37.3 Å². The minimum Gasteiger partial charge on any atom is -0.302 e. The minimum absolute atomic E-state index is 0.495. The molecule has 14 heavy (non-hydrogen) atoms. The zero-order valence-electron chi connectivity index (χ0n) is 7.57. The summed E-state index contributed by atoms with van der Waals surface area (Å²) in [4.78, 5) is 0.495. The van der Waals surface area contributed by atoms with Crippen molar-refractivity contribution in [3.05, 3.63) is 28.2 Å². The number of hydrogen-bond donors (Lipinski definition) is 1. The number of halogens is 1. The van der Waals surface area contributed by atoms with Crippen LogP contribution >= 0.6 is 15.9 Å². The monoisotopic (exact) mass is 274 g/mol. The van der Waals surface area contributed by atoms with Crippen LogP contribution in [0.2, 0.25) is 0 Å². The Morgan fingerprint density at radius 1 is 1.43 bits per heavy atom. The molecule has 0 aromatic heterocycles. The van der Waals surface area contributed by atoms with E-state index in [0.717, 1.165) is 4.47 Å². The molecular weight excluding hydrogens is 264 g/mol. The molecule has 76 valence electrons. The predicted octanol–water partition coefficient (Wildman–Crippen LogP) is 3.30. The number of hydrogen-bond acceptors (Lipinski definition) is 1. The van der Waals surface area contributed by atoms with Gasteiger partial charge in [0.05, 0.1) is 4.90 Å². The predicted molar refractivity (Wildman–Crippen MR) is 59.8 cm³/mol. The molecule has 1 saturated carbocycles. The Balaban J connectivity index is 2.36. The van der Waals surface area contributed by atoms with Gasteiger partial charge in [-0.3, -0.25) is 0 Å². The number of benzene rings is 1. The summed E-state index contributed by atoms with van der Waals surface area (Å²) in [5, 5.41) is 0. The fourth-order valence-electron chi connectivity index (χ4n) is 1.66. The zero-order valence-corrected chi connectivity index (χ0v) is 9.97. The third-order valence-corrected chi connectivity index (χ3v) is 4.09. The molecule has 2 nitrogen and oxygen atoms in total. The SMILES string of the molecule is O=S(O)c1ccc(Br)c(C2CCC2)c1. The highest BCUT2D eigenvalue weighted by molar-refractivity contribution is 9.10. The fraction of sp³-hybridized carbons (Fsp3) is 0.400. The van der Waals surface area contributed by atoms with Gasteiger partial charge in [-0.05, 0) is 42.5 Å². The van der Waals surface area contributed by atoms with Gasteiger partial charge in [0.2, 0.25) is 0 Å². The van der Waals surface area contributed by atoms with Crippen LogP contribution in [0.3, 0.4) is 0 Å². The Hall–Kier alpha value is -0.190. The molecule has 0 spiro atoms. The Kier molecular flexibility index (Phi) is 3.04. The highest BCUT2D eigenvalue weighted by Crippen LogP contribution is 2.40. The smallest absolute Gasteiger partial charge is 0.186 e. The molecule has 2 rings (SSSR count). The van der Waals surface area contributed by atoms with Crippen LogP contribution in [0.1, 0.15) is 30.7 Å². The van der Waals surface area contributed by atoms with E-state index in [-0.39, 0.29) is 0 Å². The van der Waals surface area contributed by atoms with Crippen LogP contribution in [-0.4, -0.2) is 8.76 Å². The summed E-state index contributed by atoms with van der Waals surface area (Å²) in [6.45, 7) is 0. The summed E-state index contributed by atoms with van der Waals surface area (Å²) >= 11 is 1.61. The van der Waals surface area contributed by atoms with E-state index in [9.17, 15) is 4.21 Å². The van der Waals surface area contributed by atoms with Crippen LogP contribution in [0.5, 0.6) is 0 Å². The number of rotatable bonds is 2. The maximum atomic E-state index is 10.9. The van der Waals surface area contributed by atoms with Crippen molar-refractivity contribution >= 4 is 27.0 Å². The first-order valence-corrected chi connectivity index (χ1v) is 6.49. The fourth-order valence-corrected chi connectivity index (χ4v) is 2.65. The van der Waals surface area contributed by atoms with Gasteiger partial charge in [-0.1, -0.05) is 22.4 Å². The highest BCUT2D eigenvalue weighted by Gasteiger charge is 2.22. The van der Waals surface area contributed by atoms with Gasteiger partial charge in [0.15, 0.2) is 11.1 Å². The van der Waals surface area contributed by atoms with E-state index in [1.54, 1.807) is 6.07 Å². The first-order chi connectivity index (χ1) is 6.68. The minimum atomic E-state index is -1.86. The normalized spacial score (nSPS) is 19.0.